The van der Waals surface area contributed by atoms with Crippen LogP contribution in [0.4, 0.5) is 5.69 Å². The molecule has 1 saturated carbocycles. The maximum absolute atomic E-state index is 12.1. The van der Waals surface area contributed by atoms with Gasteiger partial charge in [-0.15, -0.1) is 0 Å². The van der Waals surface area contributed by atoms with E-state index in [9.17, 15) is 9.90 Å². The molecule has 1 saturated heterocycles. The molecular formula is C15H20N2O2. The molecule has 0 radical (unpaired) electrons. The van der Waals surface area contributed by atoms with Crippen molar-refractivity contribution < 1.29 is 9.90 Å². The fraction of sp³-hybridized carbons (Fsp3) is 0.533. The second-order valence-electron chi connectivity index (χ2n) is 5.46. The molecule has 102 valence electrons. The quantitative estimate of drug-likeness (QED) is 0.882. The van der Waals surface area contributed by atoms with Gasteiger partial charge in [-0.3, -0.25) is 4.79 Å². The number of benzene rings is 1. The molecule has 1 aromatic rings. The Hall–Kier alpha value is -1.71. The molecule has 2 aliphatic rings. The minimum atomic E-state index is 0.294. The van der Waals surface area contributed by atoms with Gasteiger partial charge in [0.1, 0.15) is 5.75 Å². The lowest BCUT2D eigenvalue weighted by Gasteiger charge is -2.39. The average Bonchev–Trinajstić information content (AvgIpc) is 2.38. The molecule has 1 aliphatic carbocycles. The van der Waals surface area contributed by atoms with Crippen molar-refractivity contribution in [3.8, 4) is 5.75 Å². The molecule has 1 amide bonds. The van der Waals surface area contributed by atoms with E-state index in [1.165, 1.54) is 6.42 Å². The number of anilines is 1. The molecular weight excluding hydrogens is 240 g/mol. The van der Waals surface area contributed by atoms with E-state index in [2.05, 4.69) is 4.90 Å². The van der Waals surface area contributed by atoms with E-state index in [1.54, 1.807) is 12.1 Å². The van der Waals surface area contributed by atoms with Crippen LogP contribution in [-0.2, 0) is 4.79 Å². The molecule has 0 aromatic heterocycles. The highest BCUT2D eigenvalue weighted by atomic mass is 16.3. The number of aromatic hydroxyl groups is 1. The molecule has 4 heteroatoms. The Kier molecular flexibility index (Phi) is 3.32. The third-order valence-electron chi connectivity index (χ3n) is 4.26. The zero-order valence-corrected chi connectivity index (χ0v) is 11.1. The zero-order chi connectivity index (χ0) is 13.2. The summed E-state index contributed by atoms with van der Waals surface area (Å²) in [5.41, 5.74) is 1.12. The highest BCUT2D eigenvalue weighted by Gasteiger charge is 2.31. The van der Waals surface area contributed by atoms with Gasteiger partial charge in [0.05, 0.1) is 0 Å². The molecule has 1 N–H and O–H groups in total. The first kappa shape index (κ1) is 12.3. The smallest absolute Gasteiger partial charge is 0.225 e. The Bertz CT molecular complexity index is 446. The molecule has 19 heavy (non-hydrogen) atoms. The first-order chi connectivity index (χ1) is 9.24. The molecule has 0 atom stereocenters. The van der Waals surface area contributed by atoms with E-state index < -0.39 is 0 Å². The lowest BCUT2D eigenvalue weighted by molar-refractivity contribution is -0.138. The summed E-state index contributed by atoms with van der Waals surface area (Å²) in [7, 11) is 0. The molecule has 0 unspecified atom stereocenters. The number of piperazine rings is 1. The van der Waals surface area contributed by atoms with Crippen LogP contribution in [0.25, 0.3) is 0 Å². The predicted molar refractivity (Wildman–Crippen MR) is 74.2 cm³/mol. The number of carbonyl (C=O) groups is 1. The topological polar surface area (TPSA) is 43.8 Å². The van der Waals surface area contributed by atoms with Crippen molar-refractivity contribution in [3.63, 3.8) is 0 Å². The Morgan fingerprint density at radius 3 is 2.21 bits per heavy atom. The molecule has 1 aliphatic heterocycles. The minimum Gasteiger partial charge on any atom is -0.508 e. The van der Waals surface area contributed by atoms with Crippen LogP contribution in [0.1, 0.15) is 19.3 Å². The van der Waals surface area contributed by atoms with Crippen molar-refractivity contribution in [1.82, 2.24) is 4.90 Å². The standard InChI is InChI=1S/C15H20N2O2/c18-14-6-4-13(5-7-14)16-8-10-17(11-9-16)15(19)12-2-1-3-12/h4-7,12,18H,1-3,8-11H2. The van der Waals surface area contributed by atoms with Gasteiger partial charge in [-0.1, -0.05) is 6.42 Å². The van der Waals surface area contributed by atoms with Gasteiger partial charge in [0.25, 0.3) is 0 Å². The molecule has 0 bridgehead atoms. The van der Waals surface area contributed by atoms with Gasteiger partial charge in [0, 0.05) is 37.8 Å². The van der Waals surface area contributed by atoms with Crippen molar-refractivity contribution in [1.29, 1.82) is 0 Å². The summed E-state index contributed by atoms with van der Waals surface area (Å²) in [5.74, 6) is 0.958. The summed E-state index contributed by atoms with van der Waals surface area (Å²) >= 11 is 0. The summed E-state index contributed by atoms with van der Waals surface area (Å²) < 4.78 is 0. The van der Waals surface area contributed by atoms with Crippen LogP contribution in [0.3, 0.4) is 0 Å². The number of phenols is 1. The Morgan fingerprint density at radius 2 is 1.68 bits per heavy atom. The molecule has 1 aromatic carbocycles. The summed E-state index contributed by atoms with van der Waals surface area (Å²) in [4.78, 5) is 16.4. The fourth-order valence-corrected chi connectivity index (χ4v) is 2.76. The van der Waals surface area contributed by atoms with E-state index in [0.29, 0.717) is 17.6 Å². The van der Waals surface area contributed by atoms with Crippen molar-refractivity contribution >= 4 is 11.6 Å². The molecule has 0 spiro atoms. The number of hydrogen-bond donors (Lipinski definition) is 1. The second kappa shape index (κ2) is 5.11. The van der Waals surface area contributed by atoms with Crippen LogP contribution in [0.5, 0.6) is 5.75 Å². The van der Waals surface area contributed by atoms with Crippen LogP contribution in [0, 0.1) is 5.92 Å². The number of carbonyl (C=O) groups excluding carboxylic acids is 1. The molecule has 4 nitrogen and oxygen atoms in total. The van der Waals surface area contributed by atoms with E-state index in [1.807, 2.05) is 17.0 Å². The van der Waals surface area contributed by atoms with Gasteiger partial charge in [-0.05, 0) is 37.1 Å². The first-order valence-corrected chi connectivity index (χ1v) is 7.07. The molecule has 2 fully saturated rings. The number of phenolic OH excluding ortho intramolecular Hbond substituents is 1. The predicted octanol–water partition coefficient (Wildman–Crippen LogP) is 1.84. The SMILES string of the molecule is O=C(C1CCC1)N1CCN(c2ccc(O)cc2)CC1. The van der Waals surface area contributed by atoms with Gasteiger partial charge >= 0.3 is 0 Å². The number of amides is 1. The Morgan fingerprint density at radius 1 is 1.05 bits per heavy atom. The summed E-state index contributed by atoms with van der Waals surface area (Å²) in [6.45, 7) is 3.39. The van der Waals surface area contributed by atoms with Crippen LogP contribution in [0.15, 0.2) is 24.3 Å². The number of rotatable bonds is 2. The van der Waals surface area contributed by atoms with Gasteiger partial charge in [0.15, 0.2) is 0 Å². The first-order valence-electron chi connectivity index (χ1n) is 7.07. The van der Waals surface area contributed by atoms with Crippen LogP contribution in [-0.4, -0.2) is 42.1 Å². The van der Waals surface area contributed by atoms with Gasteiger partial charge in [0.2, 0.25) is 5.91 Å². The molecule has 1 heterocycles. The van der Waals surface area contributed by atoms with Crippen molar-refractivity contribution in [2.75, 3.05) is 31.1 Å². The highest BCUT2D eigenvalue weighted by Crippen LogP contribution is 2.29. The van der Waals surface area contributed by atoms with E-state index in [4.69, 9.17) is 0 Å². The zero-order valence-electron chi connectivity index (χ0n) is 11.1. The average molecular weight is 260 g/mol. The monoisotopic (exact) mass is 260 g/mol. The van der Waals surface area contributed by atoms with Crippen LogP contribution >= 0.6 is 0 Å². The lowest BCUT2D eigenvalue weighted by atomic mass is 9.84. The van der Waals surface area contributed by atoms with E-state index >= 15 is 0 Å². The fourth-order valence-electron chi connectivity index (χ4n) is 2.76. The third kappa shape index (κ3) is 2.53. The summed E-state index contributed by atoms with van der Waals surface area (Å²) in [5, 5.41) is 9.29. The Balaban J connectivity index is 1.56. The largest absolute Gasteiger partial charge is 0.508 e. The van der Waals surface area contributed by atoms with Crippen molar-refractivity contribution in [2.24, 2.45) is 5.92 Å². The van der Waals surface area contributed by atoms with E-state index in [-0.39, 0.29) is 0 Å². The van der Waals surface area contributed by atoms with Gasteiger partial charge in [-0.25, -0.2) is 0 Å². The maximum atomic E-state index is 12.1. The van der Waals surface area contributed by atoms with Crippen molar-refractivity contribution in [3.05, 3.63) is 24.3 Å². The highest BCUT2D eigenvalue weighted by molar-refractivity contribution is 5.79. The van der Waals surface area contributed by atoms with Crippen LogP contribution < -0.4 is 4.90 Å². The maximum Gasteiger partial charge on any atom is 0.225 e. The normalized spacial score (nSPS) is 20.2. The molecule has 3 rings (SSSR count). The van der Waals surface area contributed by atoms with Gasteiger partial charge in [-0.2, -0.15) is 0 Å². The Labute approximate surface area is 113 Å². The number of nitrogens with zero attached hydrogens (tertiary/aromatic N) is 2. The number of hydrogen-bond acceptors (Lipinski definition) is 3. The lowest BCUT2D eigenvalue weighted by Crippen LogP contribution is -2.51. The van der Waals surface area contributed by atoms with Crippen molar-refractivity contribution in [2.45, 2.75) is 19.3 Å². The van der Waals surface area contributed by atoms with Crippen LogP contribution in [0.2, 0.25) is 0 Å². The van der Waals surface area contributed by atoms with E-state index in [0.717, 1.165) is 44.7 Å². The summed E-state index contributed by atoms with van der Waals surface area (Å²) in [6, 6.07) is 7.28. The minimum absolute atomic E-state index is 0.294. The summed E-state index contributed by atoms with van der Waals surface area (Å²) in [6.07, 6.45) is 3.37. The van der Waals surface area contributed by atoms with Gasteiger partial charge < -0.3 is 14.9 Å². The second-order valence-corrected chi connectivity index (χ2v) is 5.46. The third-order valence-corrected chi connectivity index (χ3v) is 4.26.